The van der Waals surface area contributed by atoms with Crippen molar-refractivity contribution >= 4 is 27.3 Å². The van der Waals surface area contributed by atoms with Crippen LogP contribution in [-0.4, -0.2) is 14.3 Å². The zero-order chi connectivity index (χ0) is 13.2. The average molecular weight is 281 g/mol. The number of thiophene rings is 1. The maximum absolute atomic E-state index is 11.9. The lowest BCUT2D eigenvalue weighted by Crippen LogP contribution is -2.29. The smallest absolute Gasteiger partial charge is 0.267 e. The Morgan fingerprint density at radius 2 is 1.83 bits per heavy atom. The summed E-state index contributed by atoms with van der Waals surface area (Å²) < 4.78 is 25.9. The van der Waals surface area contributed by atoms with Crippen molar-refractivity contribution in [3.05, 3.63) is 52.2 Å². The number of carbonyl (C=O) groups is 1. The van der Waals surface area contributed by atoms with Crippen LogP contribution in [-0.2, 0) is 10.0 Å². The molecule has 6 heteroatoms. The minimum Gasteiger partial charge on any atom is -0.267 e. The molecular weight excluding hydrogens is 270 g/mol. The van der Waals surface area contributed by atoms with E-state index >= 15 is 0 Å². The van der Waals surface area contributed by atoms with Gasteiger partial charge in [-0.25, -0.2) is 13.1 Å². The van der Waals surface area contributed by atoms with Crippen LogP contribution in [0.2, 0.25) is 0 Å². The first kappa shape index (κ1) is 12.8. The van der Waals surface area contributed by atoms with Crippen molar-refractivity contribution in [1.82, 2.24) is 4.72 Å². The number of carbonyl (C=O) groups excluding carboxylic acids is 1. The lowest BCUT2D eigenvalue weighted by Gasteiger charge is -2.05. The van der Waals surface area contributed by atoms with Gasteiger partial charge in [0.15, 0.2) is 0 Å². The van der Waals surface area contributed by atoms with Crippen molar-refractivity contribution < 1.29 is 13.2 Å². The summed E-state index contributed by atoms with van der Waals surface area (Å²) in [6.45, 7) is 1.86. The molecule has 0 unspecified atom stereocenters. The number of hydrogen-bond acceptors (Lipinski definition) is 4. The third-order valence-corrected chi connectivity index (χ3v) is 4.52. The molecule has 1 N–H and O–H groups in total. The van der Waals surface area contributed by atoms with E-state index in [1.54, 1.807) is 29.6 Å². The molecule has 0 aliphatic heterocycles. The largest absolute Gasteiger partial charge is 0.275 e. The van der Waals surface area contributed by atoms with Crippen LogP contribution in [0.15, 0.2) is 46.7 Å². The molecule has 2 rings (SSSR count). The first-order chi connectivity index (χ1) is 8.49. The van der Waals surface area contributed by atoms with E-state index in [9.17, 15) is 13.2 Å². The van der Waals surface area contributed by atoms with E-state index in [2.05, 4.69) is 0 Å². The van der Waals surface area contributed by atoms with Gasteiger partial charge in [0.05, 0.1) is 9.77 Å². The van der Waals surface area contributed by atoms with E-state index in [0.717, 1.165) is 5.56 Å². The minimum absolute atomic E-state index is 0.0815. The van der Waals surface area contributed by atoms with Crippen LogP contribution in [0, 0.1) is 6.92 Å². The predicted molar refractivity (Wildman–Crippen MR) is 70.2 cm³/mol. The van der Waals surface area contributed by atoms with Gasteiger partial charge in [0.1, 0.15) is 0 Å². The van der Waals surface area contributed by atoms with Crippen LogP contribution >= 0.6 is 11.3 Å². The summed E-state index contributed by atoms with van der Waals surface area (Å²) in [5, 5.41) is 1.72. The highest BCUT2D eigenvalue weighted by Crippen LogP contribution is 2.13. The number of nitrogens with one attached hydrogen (secondary N) is 1. The van der Waals surface area contributed by atoms with Gasteiger partial charge in [-0.1, -0.05) is 23.8 Å². The molecule has 0 radical (unpaired) electrons. The maximum Gasteiger partial charge on any atom is 0.275 e. The van der Waals surface area contributed by atoms with Gasteiger partial charge in [-0.3, -0.25) is 4.79 Å². The molecule has 1 aromatic heterocycles. The average Bonchev–Trinajstić information content (AvgIpc) is 2.82. The van der Waals surface area contributed by atoms with Crippen molar-refractivity contribution in [3.63, 3.8) is 0 Å². The van der Waals surface area contributed by atoms with Gasteiger partial charge in [-0.05, 0) is 30.5 Å². The van der Waals surface area contributed by atoms with E-state index < -0.39 is 15.9 Å². The van der Waals surface area contributed by atoms with Gasteiger partial charge in [0.25, 0.3) is 15.9 Å². The zero-order valence-electron chi connectivity index (χ0n) is 9.58. The fraction of sp³-hybridized carbons (Fsp3) is 0.0833. The van der Waals surface area contributed by atoms with E-state index in [4.69, 9.17) is 0 Å². The summed E-state index contributed by atoms with van der Waals surface area (Å²) in [7, 11) is -3.80. The van der Waals surface area contributed by atoms with E-state index in [-0.39, 0.29) is 4.90 Å². The van der Waals surface area contributed by atoms with Crippen LogP contribution in [0.25, 0.3) is 0 Å². The molecule has 0 atom stereocenters. The number of aryl methyl sites for hydroxylation is 1. The minimum atomic E-state index is -3.80. The van der Waals surface area contributed by atoms with E-state index in [1.807, 2.05) is 11.6 Å². The quantitative estimate of drug-likeness (QED) is 0.938. The number of amides is 1. The van der Waals surface area contributed by atoms with Crippen molar-refractivity contribution in [2.75, 3.05) is 0 Å². The Balaban J connectivity index is 2.22. The molecule has 0 spiro atoms. The Labute approximate surface area is 109 Å². The summed E-state index contributed by atoms with van der Waals surface area (Å²) in [6, 6.07) is 9.58. The summed E-state index contributed by atoms with van der Waals surface area (Å²) in [6.07, 6.45) is 0. The van der Waals surface area contributed by atoms with Crippen molar-refractivity contribution in [1.29, 1.82) is 0 Å². The third kappa shape index (κ3) is 2.77. The number of rotatable bonds is 3. The number of benzene rings is 1. The first-order valence-corrected chi connectivity index (χ1v) is 7.53. The summed E-state index contributed by atoms with van der Waals surface area (Å²) >= 11 is 1.19. The monoisotopic (exact) mass is 281 g/mol. The Kier molecular flexibility index (Phi) is 3.49. The summed E-state index contributed by atoms with van der Waals surface area (Å²) in [4.78, 5) is 12.1. The lowest BCUT2D eigenvalue weighted by atomic mass is 10.2. The van der Waals surface area contributed by atoms with Gasteiger partial charge in [0.2, 0.25) is 0 Å². The molecular formula is C12H11NO3S2. The van der Waals surface area contributed by atoms with Crippen LogP contribution in [0.1, 0.15) is 15.2 Å². The van der Waals surface area contributed by atoms with Gasteiger partial charge in [0, 0.05) is 0 Å². The second-order valence-electron chi connectivity index (χ2n) is 3.72. The topological polar surface area (TPSA) is 63.2 Å². The normalized spacial score (nSPS) is 11.2. The predicted octanol–water partition coefficient (Wildman–Crippen LogP) is 2.18. The highest BCUT2D eigenvalue weighted by Gasteiger charge is 2.18. The molecule has 94 valence electrons. The highest BCUT2D eigenvalue weighted by molar-refractivity contribution is 7.90. The van der Waals surface area contributed by atoms with E-state index in [1.165, 1.54) is 23.5 Å². The van der Waals surface area contributed by atoms with Gasteiger partial charge >= 0.3 is 0 Å². The molecule has 2 aromatic rings. The lowest BCUT2D eigenvalue weighted by molar-refractivity contribution is 0.0985. The standard InChI is InChI=1S/C12H11NO3S2/c1-9-4-6-10(7-5-9)18(15,16)13-12(14)11-3-2-8-17-11/h2-8H,1H3,(H,13,14). The number of sulfonamides is 1. The Hall–Kier alpha value is -1.66. The van der Waals surface area contributed by atoms with Gasteiger partial charge in [-0.15, -0.1) is 11.3 Å². The molecule has 0 fully saturated rings. The molecule has 1 aromatic carbocycles. The third-order valence-electron chi connectivity index (χ3n) is 2.30. The van der Waals surface area contributed by atoms with Crippen molar-refractivity contribution in [2.45, 2.75) is 11.8 Å². The molecule has 1 amide bonds. The van der Waals surface area contributed by atoms with E-state index in [0.29, 0.717) is 4.88 Å². The molecule has 0 saturated heterocycles. The van der Waals surface area contributed by atoms with Gasteiger partial charge in [-0.2, -0.15) is 0 Å². The van der Waals surface area contributed by atoms with Crippen LogP contribution < -0.4 is 4.72 Å². The Morgan fingerprint density at radius 3 is 2.39 bits per heavy atom. The van der Waals surface area contributed by atoms with Crippen molar-refractivity contribution in [3.8, 4) is 0 Å². The fourth-order valence-electron chi connectivity index (χ4n) is 1.36. The molecule has 18 heavy (non-hydrogen) atoms. The molecule has 0 saturated carbocycles. The zero-order valence-corrected chi connectivity index (χ0v) is 11.2. The second kappa shape index (κ2) is 4.91. The molecule has 0 aliphatic carbocycles. The summed E-state index contributed by atoms with van der Waals surface area (Å²) in [5.74, 6) is -0.606. The summed E-state index contributed by atoms with van der Waals surface area (Å²) in [5.41, 5.74) is 0.957. The Bertz CT molecular complexity index is 643. The number of hydrogen-bond donors (Lipinski definition) is 1. The van der Waals surface area contributed by atoms with Crippen LogP contribution in [0.4, 0.5) is 0 Å². The molecule has 1 heterocycles. The maximum atomic E-state index is 11.9. The fourth-order valence-corrected chi connectivity index (χ4v) is 3.01. The SMILES string of the molecule is Cc1ccc(S(=O)(=O)NC(=O)c2cccs2)cc1. The molecule has 4 nitrogen and oxygen atoms in total. The van der Waals surface area contributed by atoms with Crippen molar-refractivity contribution in [2.24, 2.45) is 0 Å². The van der Waals surface area contributed by atoms with Crippen LogP contribution in [0.3, 0.4) is 0 Å². The molecule has 0 aliphatic rings. The second-order valence-corrected chi connectivity index (χ2v) is 6.36. The Morgan fingerprint density at radius 1 is 1.17 bits per heavy atom. The molecule has 0 bridgehead atoms. The van der Waals surface area contributed by atoms with Crippen LogP contribution in [0.5, 0.6) is 0 Å². The highest BCUT2D eigenvalue weighted by atomic mass is 32.2. The first-order valence-electron chi connectivity index (χ1n) is 5.16. The van der Waals surface area contributed by atoms with Gasteiger partial charge < -0.3 is 0 Å².